The van der Waals surface area contributed by atoms with Crippen LogP contribution in [0.4, 0.5) is 0 Å². The van der Waals surface area contributed by atoms with Crippen molar-refractivity contribution in [2.24, 2.45) is 4.99 Å². The molecule has 1 aromatic rings. The van der Waals surface area contributed by atoms with Gasteiger partial charge in [0.2, 0.25) is 0 Å². The Morgan fingerprint density at radius 1 is 1.55 bits per heavy atom. The lowest BCUT2D eigenvalue weighted by molar-refractivity contribution is 0.586. The SMILES string of the molecule is CC(C)(C)N=Cc1ncc[nH]1. The van der Waals surface area contributed by atoms with Crippen molar-refractivity contribution in [1.82, 2.24) is 9.97 Å². The summed E-state index contributed by atoms with van der Waals surface area (Å²) in [6, 6.07) is 0. The van der Waals surface area contributed by atoms with Crippen molar-refractivity contribution in [2.45, 2.75) is 26.3 Å². The van der Waals surface area contributed by atoms with Gasteiger partial charge in [-0.2, -0.15) is 0 Å². The molecule has 60 valence electrons. The van der Waals surface area contributed by atoms with Gasteiger partial charge in [-0.05, 0) is 20.8 Å². The average Bonchev–Trinajstić information content (AvgIpc) is 2.32. The molecule has 0 amide bonds. The molecule has 0 aromatic carbocycles. The summed E-state index contributed by atoms with van der Waals surface area (Å²) in [7, 11) is 0. The zero-order valence-corrected chi connectivity index (χ0v) is 7.13. The molecule has 3 heteroatoms. The molecule has 0 spiro atoms. The van der Waals surface area contributed by atoms with Crippen molar-refractivity contribution < 1.29 is 0 Å². The molecule has 1 N–H and O–H groups in total. The van der Waals surface area contributed by atoms with Crippen molar-refractivity contribution in [3.8, 4) is 0 Å². The van der Waals surface area contributed by atoms with E-state index < -0.39 is 0 Å². The second kappa shape index (κ2) is 2.86. The molecule has 3 nitrogen and oxygen atoms in total. The highest BCUT2D eigenvalue weighted by Crippen LogP contribution is 2.04. The minimum atomic E-state index is -0.0210. The maximum absolute atomic E-state index is 4.28. The third kappa shape index (κ3) is 2.98. The first kappa shape index (κ1) is 7.98. The number of rotatable bonds is 1. The van der Waals surface area contributed by atoms with E-state index in [9.17, 15) is 0 Å². The number of aliphatic imine (C=N–C) groups is 1. The van der Waals surface area contributed by atoms with Crippen LogP contribution < -0.4 is 0 Å². The third-order valence-corrected chi connectivity index (χ3v) is 1.09. The van der Waals surface area contributed by atoms with E-state index in [0.717, 1.165) is 5.82 Å². The molecule has 0 saturated carbocycles. The number of hydrogen-bond acceptors (Lipinski definition) is 2. The lowest BCUT2D eigenvalue weighted by Crippen LogP contribution is -2.09. The fourth-order valence-electron chi connectivity index (χ4n) is 0.603. The van der Waals surface area contributed by atoms with Gasteiger partial charge in [0.25, 0.3) is 0 Å². The number of H-pyrrole nitrogens is 1. The highest BCUT2D eigenvalue weighted by atomic mass is 14.9. The molecule has 0 fully saturated rings. The topological polar surface area (TPSA) is 41.0 Å². The highest BCUT2D eigenvalue weighted by Gasteiger charge is 2.04. The van der Waals surface area contributed by atoms with Crippen LogP contribution in [0.3, 0.4) is 0 Å². The third-order valence-electron chi connectivity index (χ3n) is 1.09. The van der Waals surface area contributed by atoms with Crippen LogP contribution in [0.2, 0.25) is 0 Å². The van der Waals surface area contributed by atoms with Crippen molar-refractivity contribution in [3.63, 3.8) is 0 Å². The summed E-state index contributed by atoms with van der Waals surface area (Å²) in [5, 5.41) is 0. The zero-order chi connectivity index (χ0) is 8.32. The number of hydrogen-bond donors (Lipinski definition) is 1. The fourth-order valence-corrected chi connectivity index (χ4v) is 0.603. The summed E-state index contributed by atoms with van der Waals surface area (Å²) in [5.41, 5.74) is -0.0210. The molecule has 1 aromatic heterocycles. The number of nitrogens with one attached hydrogen (secondary N) is 1. The molecule has 0 aliphatic heterocycles. The molecular weight excluding hydrogens is 138 g/mol. The Morgan fingerprint density at radius 3 is 2.73 bits per heavy atom. The summed E-state index contributed by atoms with van der Waals surface area (Å²) in [4.78, 5) is 11.2. The lowest BCUT2D eigenvalue weighted by Gasteiger charge is -2.09. The Hall–Kier alpha value is -1.12. The molecule has 1 rings (SSSR count). The maximum atomic E-state index is 4.28. The molecule has 0 saturated heterocycles. The normalized spacial score (nSPS) is 12.6. The monoisotopic (exact) mass is 151 g/mol. The highest BCUT2D eigenvalue weighted by molar-refractivity contribution is 5.74. The van der Waals surface area contributed by atoms with Gasteiger partial charge in [-0.1, -0.05) is 0 Å². The van der Waals surface area contributed by atoms with E-state index in [2.05, 4.69) is 15.0 Å². The van der Waals surface area contributed by atoms with Crippen molar-refractivity contribution in [3.05, 3.63) is 18.2 Å². The summed E-state index contributed by atoms with van der Waals surface area (Å²) in [6.07, 6.45) is 5.24. The van der Waals surface area contributed by atoms with E-state index >= 15 is 0 Å². The van der Waals surface area contributed by atoms with Crippen LogP contribution in [-0.4, -0.2) is 21.7 Å². The number of aromatic nitrogens is 2. The standard InChI is InChI=1S/C8H13N3/c1-8(2,3)11-6-7-9-4-5-10-7/h4-6H,1-3H3,(H,9,10). The molecule has 0 aliphatic carbocycles. The van der Waals surface area contributed by atoms with Gasteiger partial charge in [-0.15, -0.1) is 0 Å². The number of imidazole rings is 1. The smallest absolute Gasteiger partial charge is 0.148 e. The van der Waals surface area contributed by atoms with Gasteiger partial charge in [-0.3, -0.25) is 4.99 Å². The second-order valence-corrected chi connectivity index (χ2v) is 3.40. The molecular formula is C8H13N3. The van der Waals surface area contributed by atoms with E-state index in [1.54, 1.807) is 18.6 Å². The van der Waals surface area contributed by atoms with E-state index in [0.29, 0.717) is 0 Å². The first-order valence-electron chi connectivity index (χ1n) is 3.62. The van der Waals surface area contributed by atoms with Gasteiger partial charge in [0.1, 0.15) is 5.82 Å². The lowest BCUT2D eigenvalue weighted by atomic mass is 10.1. The van der Waals surface area contributed by atoms with Gasteiger partial charge >= 0.3 is 0 Å². The van der Waals surface area contributed by atoms with Crippen LogP contribution >= 0.6 is 0 Å². The summed E-state index contributed by atoms with van der Waals surface area (Å²) in [5.74, 6) is 0.805. The summed E-state index contributed by atoms with van der Waals surface area (Å²) in [6.45, 7) is 6.14. The Bertz CT molecular complexity index is 228. The Morgan fingerprint density at radius 2 is 2.27 bits per heavy atom. The van der Waals surface area contributed by atoms with Gasteiger partial charge in [0.05, 0.1) is 11.8 Å². The van der Waals surface area contributed by atoms with Gasteiger partial charge in [0.15, 0.2) is 0 Å². The van der Waals surface area contributed by atoms with Gasteiger partial charge in [0, 0.05) is 12.4 Å². The minimum Gasteiger partial charge on any atom is -0.344 e. The number of nitrogens with zero attached hydrogens (tertiary/aromatic N) is 2. The Labute approximate surface area is 66.6 Å². The predicted octanol–water partition coefficient (Wildman–Crippen LogP) is 1.63. The molecule has 0 radical (unpaired) electrons. The molecule has 0 bridgehead atoms. The first-order valence-corrected chi connectivity index (χ1v) is 3.62. The van der Waals surface area contributed by atoms with Crippen molar-refractivity contribution in [2.75, 3.05) is 0 Å². The Kier molecular flexibility index (Phi) is 2.08. The quantitative estimate of drug-likeness (QED) is 0.609. The minimum absolute atomic E-state index is 0.0210. The van der Waals surface area contributed by atoms with Crippen LogP contribution in [0.15, 0.2) is 17.4 Å². The molecule has 1 heterocycles. The van der Waals surface area contributed by atoms with E-state index in [4.69, 9.17) is 0 Å². The molecule has 0 unspecified atom stereocenters. The van der Waals surface area contributed by atoms with Crippen LogP contribution in [0.5, 0.6) is 0 Å². The van der Waals surface area contributed by atoms with Crippen LogP contribution in [0.1, 0.15) is 26.6 Å². The fraction of sp³-hybridized carbons (Fsp3) is 0.500. The van der Waals surface area contributed by atoms with Crippen LogP contribution in [0.25, 0.3) is 0 Å². The van der Waals surface area contributed by atoms with E-state index in [-0.39, 0.29) is 5.54 Å². The Balaban J connectivity index is 2.63. The van der Waals surface area contributed by atoms with Crippen LogP contribution in [0, 0.1) is 0 Å². The number of aromatic amines is 1. The molecule has 0 aliphatic rings. The van der Waals surface area contributed by atoms with E-state index in [1.807, 2.05) is 20.8 Å². The van der Waals surface area contributed by atoms with Crippen molar-refractivity contribution in [1.29, 1.82) is 0 Å². The zero-order valence-electron chi connectivity index (χ0n) is 7.13. The van der Waals surface area contributed by atoms with Crippen LogP contribution in [-0.2, 0) is 0 Å². The van der Waals surface area contributed by atoms with Gasteiger partial charge < -0.3 is 4.98 Å². The van der Waals surface area contributed by atoms with E-state index in [1.165, 1.54) is 0 Å². The maximum Gasteiger partial charge on any atom is 0.148 e. The first-order chi connectivity index (χ1) is 5.08. The predicted molar refractivity (Wildman–Crippen MR) is 45.9 cm³/mol. The summed E-state index contributed by atoms with van der Waals surface area (Å²) < 4.78 is 0. The second-order valence-electron chi connectivity index (χ2n) is 3.40. The summed E-state index contributed by atoms with van der Waals surface area (Å²) >= 11 is 0. The molecule has 11 heavy (non-hydrogen) atoms. The van der Waals surface area contributed by atoms with Gasteiger partial charge in [-0.25, -0.2) is 4.98 Å². The molecule has 0 atom stereocenters. The van der Waals surface area contributed by atoms with Crippen molar-refractivity contribution >= 4 is 6.21 Å². The largest absolute Gasteiger partial charge is 0.344 e. The average molecular weight is 151 g/mol.